The number of anilines is 1. The Hall–Kier alpha value is -2.59. The Balaban J connectivity index is 1.62. The van der Waals surface area contributed by atoms with E-state index in [2.05, 4.69) is 27.6 Å². The van der Waals surface area contributed by atoms with E-state index in [1.165, 1.54) is 0 Å². The van der Waals surface area contributed by atoms with Crippen molar-refractivity contribution >= 4 is 45.9 Å². The number of methoxy groups -OCH3 is 2. The first-order valence-electron chi connectivity index (χ1n) is 11.0. The van der Waals surface area contributed by atoms with Gasteiger partial charge < -0.3 is 39.7 Å². The summed E-state index contributed by atoms with van der Waals surface area (Å²) in [7, 11) is 5.16. The summed E-state index contributed by atoms with van der Waals surface area (Å²) in [5.74, 6) is 1.93. The lowest BCUT2D eigenvalue weighted by atomic mass is 10.1. The second kappa shape index (κ2) is 9.58. The van der Waals surface area contributed by atoms with E-state index in [1.807, 2.05) is 6.07 Å². The highest BCUT2D eigenvalue weighted by Gasteiger charge is 2.25. The number of pyridine rings is 1. The summed E-state index contributed by atoms with van der Waals surface area (Å²) in [5, 5.41) is 9.65. The topological polar surface area (TPSA) is 95.7 Å². The summed E-state index contributed by atoms with van der Waals surface area (Å²) in [5.41, 5.74) is 1.77. The Morgan fingerprint density at radius 2 is 1.85 bits per heavy atom. The second-order valence-electron chi connectivity index (χ2n) is 8.46. The number of benzene rings is 1. The summed E-state index contributed by atoms with van der Waals surface area (Å²) >= 11 is 13.3. The largest absolute Gasteiger partial charge is 0.495 e. The molecular weight excluding hydrogens is 479 g/mol. The molecule has 2 aliphatic rings. The van der Waals surface area contributed by atoms with Crippen molar-refractivity contribution in [3.05, 3.63) is 33.7 Å². The van der Waals surface area contributed by atoms with Crippen molar-refractivity contribution in [2.75, 3.05) is 52.9 Å². The van der Waals surface area contributed by atoms with Crippen molar-refractivity contribution < 1.29 is 14.2 Å². The van der Waals surface area contributed by atoms with E-state index in [0.717, 1.165) is 24.9 Å². The molecule has 9 nitrogen and oxygen atoms in total. The van der Waals surface area contributed by atoms with Gasteiger partial charge >= 0.3 is 0 Å². The number of rotatable bonds is 7. The first-order chi connectivity index (χ1) is 16.5. The number of nitrogens with one attached hydrogen (secondary N) is 1. The van der Waals surface area contributed by atoms with E-state index in [4.69, 9.17) is 47.4 Å². The minimum atomic E-state index is 0.0724. The van der Waals surface area contributed by atoms with Gasteiger partial charge in [-0.3, -0.25) is 0 Å². The van der Waals surface area contributed by atoms with Crippen molar-refractivity contribution in [2.24, 2.45) is 0 Å². The molecule has 0 aliphatic carbocycles. The van der Waals surface area contributed by atoms with Gasteiger partial charge in [0.1, 0.15) is 17.3 Å². The first kappa shape index (κ1) is 23.2. The summed E-state index contributed by atoms with van der Waals surface area (Å²) < 4.78 is 16.3. The molecule has 0 spiro atoms. The van der Waals surface area contributed by atoms with Gasteiger partial charge in [-0.25, -0.2) is 4.98 Å². The van der Waals surface area contributed by atoms with Crippen LogP contribution in [0.2, 0.25) is 10.0 Å². The van der Waals surface area contributed by atoms with Crippen molar-refractivity contribution in [2.45, 2.75) is 18.5 Å². The van der Waals surface area contributed by atoms with Crippen LogP contribution in [0.25, 0.3) is 27.5 Å². The maximum absolute atomic E-state index is 6.67. The van der Waals surface area contributed by atoms with Crippen LogP contribution in [-0.2, 0) is 4.74 Å². The van der Waals surface area contributed by atoms with Gasteiger partial charge in [-0.15, -0.1) is 0 Å². The van der Waals surface area contributed by atoms with Crippen LogP contribution in [0.5, 0.6) is 11.5 Å². The monoisotopic (exact) mass is 503 g/mol. The molecule has 0 saturated carbocycles. The van der Waals surface area contributed by atoms with Crippen molar-refractivity contribution in [3.8, 4) is 22.8 Å². The quantitative estimate of drug-likeness (QED) is 0.501. The smallest absolute Gasteiger partial charge is 0.141 e. The van der Waals surface area contributed by atoms with E-state index in [0.29, 0.717) is 63.3 Å². The summed E-state index contributed by atoms with van der Waals surface area (Å²) in [4.78, 5) is 16.3. The molecule has 1 aromatic carbocycles. The summed E-state index contributed by atoms with van der Waals surface area (Å²) in [6.07, 6.45) is 2.62. The Morgan fingerprint density at radius 3 is 2.47 bits per heavy atom. The van der Waals surface area contributed by atoms with Gasteiger partial charge in [0.05, 0.1) is 42.6 Å². The molecule has 0 radical (unpaired) electrons. The average Bonchev–Trinajstić information content (AvgIpc) is 3.32. The van der Waals surface area contributed by atoms with Gasteiger partial charge in [0.15, 0.2) is 0 Å². The van der Waals surface area contributed by atoms with Crippen LogP contribution in [0.1, 0.15) is 6.42 Å². The highest BCUT2D eigenvalue weighted by atomic mass is 35.5. The van der Waals surface area contributed by atoms with Crippen LogP contribution in [0.4, 0.5) is 11.8 Å². The minimum Gasteiger partial charge on any atom is -0.495 e. The molecule has 0 amide bonds. The molecule has 1 atom stereocenters. The molecule has 1 unspecified atom stereocenters. The van der Waals surface area contributed by atoms with Gasteiger partial charge in [-0.1, -0.05) is 23.2 Å². The molecule has 2 saturated heterocycles. The molecule has 4 heterocycles. The molecule has 180 valence electrons. The van der Waals surface area contributed by atoms with E-state index < -0.39 is 0 Å². The number of fused-ring (bicyclic) bond motifs is 1. The standard InChI is InChI=1S/C23H25Cl2N6O3/c1-31-9-14(10-31)27-22-21-12(8-26-23(30-21)28-13-4-5-34-11-13)6-15(29-22)18-19(24)16(32-2)7-17(33-3)20(18)25/h6-8,13-14H,4-5,9-11H2,1-3H3,(H-,26,27,28,29,30)/q-1. The number of likely N-dealkylation sites (tertiary alicyclic amines) is 1. The van der Waals surface area contributed by atoms with Crippen molar-refractivity contribution in [1.29, 1.82) is 0 Å². The summed E-state index contributed by atoms with van der Waals surface area (Å²) in [6, 6.07) is 3.84. The Morgan fingerprint density at radius 1 is 1.12 bits per heavy atom. The SMILES string of the molecule is COc1cc(OC)c(Cl)c(-c2cc3cnc([N-]C4CCOC4)nc3c(NC3CN(C)C3)n2)c1Cl. The number of nitrogens with zero attached hydrogens (tertiary/aromatic N) is 5. The predicted octanol–water partition coefficient (Wildman–Crippen LogP) is 4.54. The minimum absolute atomic E-state index is 0.0724. The molecule has 2 aromatic heterocycles. The number of halogens is 2. The zero-order valence-electron chi connectivity index (χ0n) is 19.1. The molecule has 2 fully saturated rings. The lowest BCUT2D eigenvalue weighted by Gasteiger charge is -2.37. The zero-order valence-corrected chi connectivity index (χ0v) is 20.7. The molecule has 5 rings (SSSR count). The molecule has 3 aromatic rings. The van der Waals surface area contributed by atoms with Crippen LogP contribution >= 0.6 is 23.2 Å². The van der Waals surface area contributed by atoms with Crippen LogP contribution in [0.3, 0.4) is 0 Å². The second-order valence-corrected chi connectivity index (χ2v) is 9.21. The maximum Gasteiger partial charge on any atom is 0.141 e. The molecule has 0 bridgehead atoms. The lowest BCUT2D eigenvalue weighted by Crippen LogP contribution is -2.52. The number of likely N-dealkylation sites (N-methyl/N-ethyl adjacent to an activating group) is 1. The fourth-order valence-electron chi connectivity index (χ4n) is 4.20. The third-order valence-corrected chi connectivity index (χ3v) is 6.74. The van der Waals surface area contributed by atoms with E-state index in [9.17, 15) is 0 Å². The normalized spacial score (nSPS) is 18.7. The van der Waals surface area contributed by atoms with Crippen LogP contribution in [0, 0.1) is 0 Å². The van der Waals surface area contributed by atoms with Gasteiger partial charge in [-0.2, -0.15) is 0 Å². The van der Waals surface area contributed by atoms with Gasteiger partial charge in [0.25, 0.3) is 0 Å². The maximum atomic E-state index is 6.67. The molecule has 2 aliphatic heterocycles. The van der Waals surface area contributed by atoms with E-state index >= 15 is 0 Å². The van der Waals surface area contributed by atoms with E-state index in [1.54, 1.807) is 26.5 Å². The Bertz CT molecular complexity index is 1190. The molecular formula is C23H25Cl2N6O3-. The fourth-order valence-corrected chi connectivity index (χ4v) is 4.90. The number of aromatic nitrogens is 3. The van der Waals surface area contributed by atoms with Crippen LogP contribution in [-0.4, -0.2) is 79.5 Å². The third-order valence-electron chi connectivity index (χ3n) is 5.99. The van der Waals surface area contributed by atoms with Crippen LogP contribution < -0.4 is 14.8 Å². The molecule has 34 heavy (non-hydrogen) atoms. The highest BCUT2D eigenvalue weighted by molar-refractivity contribution is 6.41. The summed E-state index contributed by atoms with van der Waals surface area (Å²) in [6.45, 7) is 3.11. The Labute approximate surface area is 207 Å². The number of hydrogen-bond acceptors (Lipinski definition) is 8. The van der Waals surface area contributed by atoms with Gasteiger partial charge in [-0.05, 0) is 31.1 Å². The van der Waals surface area contributed by atoms with Crippen LogP contribution in [0.15, 0.2) is 18.3 Å². The molecule has 1 N–H and O–H groups in total. The third kappa shape index (κ3) is 4.40. The van der Waals surface area contributed by atoms with Crippen molar-refractivity contribution in [3.63, 3.8) is 0 Å². The molecule has 11 heteroatoms. The highest BCUT2D eigenvalue weighted by Crippen LogP contribution is 2.46. The zero-order chi connectivity index (χ0) is 23.8. The fraction of sp³-hybridized carbons (Fsp3) is 0.435. The van der Waals surface area contributed by atoms with Crippen molar-refractivity contribution in [1.82, 2.24) is 19.9 Å². The number of ether oxygens (including phenoxy) is 3. The van der Waals surface area contributed by atoms with Gasteiger partial charge in [0.2, 0.25) is 0 Å². The number of hydrogen-bond donors (Lipinski definition) is 1. The first-order valence-corrected chi connectivity index (χ1v) is 11.7. The van der Waals surface area contributed by atoms with Gasteiger partial charge in [0, 0.05) is 48.8 Å². The lowest BCUT2D eigenvalue weighted by molar-refractivity contribution is 0.196. The van der Waals surface area contributed by atoms with E-state index in [-0.39, 0.29) is 12.1 Å². The Kier molecular flexibility index (Phi) is 6.52. The predicted molar refractivity (Wildman–Crippen MR) is 133 cm³/mol. The average molecular weight is 504 g/mol.